The number of nitro benzene ring substituents is 1. The molecule has 0 saturated carbocycles. The smallest absolute Gasteiger partial charge is 0.269 e. The number of hydrogen-bond donors (Lipinski definition) is 0. The molecule has 0 fully saturated rings. The highest BCUT2D eigenvalue weighted by Crippen LogP contribution is 2.31. The molecule has 3 aromatic rings. The van der Waals surface area contributed by atoms with Crippen LogP contribution in [0.25, 0.3) is 6.08 Å². The van der Waals surface area contributed by atoms with Crippen molar-refractivity contribution in [2.75, 3.05) is 7.11 Å². The lowest BCUT2D eigenvalue weighted by Gasteiger charge is -2.34. The van der Waals surface area contributed by atoms with Gasteiger partial charge in [-0.15, -0.1) is 0 Å². The van der Waals surface area contributed by atoms with Crippen LogP contribution in [0.1, 0.15) is 21.5 Å². The molecule has 1 amide bonds. The molecular formula is C24H20N2O6S. The van der Waals surface area contributed by atoms with Crippen LogP contribution < -0.4 is 4.74 Å². The van der Waals surface area contributed by atoms with Gasteiger partial charge >= 0.3 is 0 Å². The van der Waals surface area contributed by atoms with Crippen molar-refractivity contribution < 1.29 is 22.9 Å². The van der Waals surface area contributed by atoms with E-state index in [1.54, 1.807) is 49.6 Å². The summed E-state index contributed by atoms with van der Waals surface area (Å²) < 4.78 is 33.2. The highest BCUT2D eigenvalue weighted by molar-refractivity contribution is 7.89. The number of amides is 1. The van der Waals surface area contributed by atoms with E-state index in [1.165, 1.54) is 0 Å². The molecule has 1 aliphatic rings. The Labute approximate surface area is 190 Å². The maximum atomic E-state index is 13.5. The number of nitrogens with zero attached hydrogens (tertiary/aromatic N) is 2. The summed E-state index contributed by atoms with van der Waals surface area (Å²) in [5, 5.41) is 10.9. The molecule has 168 valence electrons. The fourth-order valence-electron chi connectivity index (χ4n) is 3.79. The van der Waals surface area contributed by atoms with Crippen molar-refractivity contribution in [3.05, 3.63) is 106 Å². The van der Waals surface area contributed by atoms with Crippen LogP contribution in [0.3, 0.4) is 0 Å². The third-order valence-electron chi connectivity index (χ3n) is 5.42. The average molecular weight is 464 g/mol. The third-order valence-corrected chi connectivity index (χ3v) is 7.24. The zero-order chi connectivity index (χ0) is 23.6. The van der Waals surface area contributed by atoms with E-state index in [0.717, 1.165) is 39.7 Å². The van der Waals surface area contributed by atoms with E-state index in [1.807, 2.05) is 18.2 Å². The Kier molecular flexibility index (Phi) is 5.97. The fourth-order valence-corrected chi connectivity index (χ4v) is 5.32. The first-order valence-corrected chi connectivity index (χ1v) is 11.5. The molecule has 0 bridgehead atoms. The van der Waals surface area contributed by atoms with Crippen LogP contribution in [-0.2, 0) is 16.4 Å². The van der Waals surface area contributed by atoms with Gasteiger partial charge in [-0.25, -0.2) is 12.7 Å². The molecule has 0 saturated heterocycles. The van der Waals surface area contributed by atoms with E-state index in [-0.39, 0.29) is 10.6 Å². The number of non-ortho nitro benzene ring substituents is 1. The third kappa shape index (κ3) is 4.22. The number of nitro groups is 1. The van der Waals surface area contributed by atoms with E-state index in [2.05, 4.69) is 0 Å². The van der Waals surface area contributed by atoms with Gasteiger partial charge in [0.05, 0.1) is 23.0 Å². The number of benzene rings is 3. The van der Waals surface area contributed by atoms with E-state index >= 15 is 0 Å². The first-order chi connectivity index (χ1) is 15.8. The van der Waals surface area contributed by atoms with Crippen molar-refractivity contribution in [2.24, 2.45) is 0 Å². The first kappa shape index (κ1) is 22.2. The van der Waals surface area contributed by atoms with Crippen molar-refractivity contribution in [1.82, 2.24) is 4.31 Å². The number of fused-ring (bicyclic) bond motifs is 1. The van der Waals surface area contributed by atoms with Crippen molar-refractivity contribution in [1.29, 1.82) is 0 Å². The molecule has 0 unspecified atom stereocenters. The lowest BCUT2D eigenvalue weighted by Crippen LogP contribution is -2.48. The summed E-state index contributed by atoms with van der Waals surface area (Å²) in [5.41, 5.74) is 1.55. The summed E-state index contributed by atoms with van der Waals surface area (Å²) in [6, 6.07) is 17.8. The van der Waals surface area contributed by atoms with Crippen molar-refractivity contribution >= 4 is 27.7 Å². The lowest BCUT2D eigenvalue weighted by molar-refractivity contribution is -0.384. The monoisotopic (exact) mass is 464 g/mol. The van der Waals surface area contributed by atoms with Crippen LogP contribution in [0.2, 0.25) is 0 Å². The quantitative estimate of drug-likeness (QED) is 0.402. The molecule has 0 aromatic heterocycles. The number of hydrogen-bond acceptors (Lipinski definition) is 6. The predicted molar refractivity (Wildman–Crippen MR) is 122 cm³/mol. The predicted octanol–water partition coefficient (Wildman–Crippen LogP) is 4.07. The highest BCUT2D eigenvalue weighted by Gasteiger charge is 2.39. The number of carbonyl (C=O) groups is 1. The maximum Gasteiger partial charge on any atom is 0.269 e. The Morgan fingerprint density at radius 2 is 1.70 bits per heavy atom. The Morgan fingerprint density at radius 1 is 1.03 bits per heavy atom. The van der Waals surface area contributed by atoms with E-state index in [9.17, 15) is 23.3 Å². The van der Waals surface area contributed by atoms with Gasteiger partial charge < -0.3 is 4.74 Å². The Balaban J connectivity index is 1.79. The second kappa shape index (κ2) is 8.87. The number of methoxy groups -OCH3 is 1. The minimum Gasteiger partial charge on any atom is -0.496 e. The molecule has 1 atom stereocenters. The summed E-state index contributed by atoms with van der Waals surface area (Å²) in [7, 11) is -2.75. The molecule has 9 heteroatoms. The van der Waals surface area contributed by atoms with Crippen LogP contribution in [0, 0.1) is 10.1 Å². The Morgan fingerprint density at radius 3 is 2.39 bits per heavy atom. The van der Waals surface area contributed by atoms with Gasteiger partial charge in [-0.3, -0.25) is 14.9 Å². The van der Waals surface area contributed by atoms with Gasteiger partial charge in [0.25, 0.3) is 21.6 Å². The summed E-state index contributed by atoms with van der Waals surface area (Å²) in [6.45, 7) is 0. The zero-order valence-corrected chi connectivity index (χ0v) is 18.4. The molecule has 1 heterocycles. The topological polar surface area (TPSA) is 107 Å². The van der Waals surface area contributed by atoms with Gasteiger partial charge in [0.2, 0.25) is 0 Å². The van der Waals surface area contributed by atoms with Gasteiger partial charge in [-0.05, 0) is 36.2 Å². The maximum absolute atomic E-state index is 13.5. The van der Waals surface area contributed by atoms with E-state index < -0.39 is 26.9 Å². The molecule has 33 heavy (non-hydrogen) atoms. The number of para-hydroxylation sites is 1. The molecule has 0 spiro atoms. The SMILES string of the molecule is COc1ccccc1/C=C/[C@@H]1Cc2ccccc2C(=O)N1S(=O)(=O)c1ccc([N+](=O)[O-])cc1. The molecule has 1 aliphatic heterocycles. The van der Waals surface area contributed by atoms with Crippen LogP contribution in [-0.4, -0.2) is 36.7 Å². The molecule has 3 aromatic carbocycles. The van der Waals surface area contributed by atoms with Gasteiger partial charge in [-0.2, -0.15) is 0 Å². The second-order valence-electron chi connectivity index (χ2n) is 7.39. The molecular weight excluding hydrogens is 444 g/mol. The van der Waals surface area contributed by atoms with Gasteiger partial charge in [0, 0.05) is 23.3 Å². The van der Waals surface area contributed by atoms with Gasteiger partial charge in [-0.1, -0.05) is 48.6 Å². The number of ether oxygens (including phenoxy) is 1. The largest absolute Gasteiger partial charge is 0.496 e. The molecule has 8 nitrogen and oxygen atoms in total. The minimum atomic E-state index is -4.29. The molecule has 0 radical (unpaired) electrons. The molecule has 0 N–H and O–H groups in total. The van der Waals surface area contributed by atoms with Crippen LogP contribution in [0.15, 0.2) is 83.8 Å². The summed E-state index contributed by atoms with van der Waals surface area (Å²) in [6.07, 6.45) is 3.68. The Bertz CT molecular complexity index is 1350. The summed E-state index contributed by atoms with van der Waals surface area (Å²) >= 11 is 0. The standard InChI is InChI=1S/C24H20N2O6S/c1-32-23-9-5-3-6-17(23)10-11-20-16-18-7-2-4-8-22(18)24(27)25(20)33(30,31)21-14-12-19(13-15-21)26(28)29/h2-15,20H,16H2,1H3/b11-10+/t20-/m1/s1. The minimum absolute atomic E-state index is 0.198. The van der Waals surface area contributed by atoms with Gasteiger partial charge in [0.1, 0.15) is 5.75 Å². The average Bonchev–Trinajstić information content (AvgIpc) is 2.82. The summed E-state index contributed by atoms with van der Waals surface area (Å²) in [4.78, 5) is 23.5. The van der Waals surface area contributed by atoms with Crippen molar-refractivity contribution in [3.8, 4) is 5.75 Å². The highest BCUT2D eigenvalue weighted by atomic mass is 32.2. The lowest BCUT2D eigenvalue weighted by atomic mass is 9.94. The molecule has 4 rings (SSSR count). The first-order valence-electron chi connectivity index (χ1n) is 10.1. The van der Waals surface area contributed by atoms with Crippen molar-refractivity contribution in [2.45, 2.75) is 17.4 Å². The number of carbonyl (C=O) groups excluding carboxylic acids is 1. The normalized spacial score (nSPS) is 16.0. The van der Waals surface area contributed by atoms with Crippen LogP contribution in [0.5, 0.6) is 5.75 Å². The van der Waals surface area contributed by atoms with Crippen molar-refractivity contribution in [3.63, 3.8) is 0 Å². The van der Waals surface area contributed by atoms with Crippen LogP contribution in [0.4, 0.5) is 5.69 Å². The zero-order valence-electron chi connectivity index (χ0n) is 17.6. The number of rotatable bonds is 6. The van der Waals surface area contributed by atoms with Gasteiger partial charge in [0.15, 0.2) is 0 Å². The second-order valence-corrected chi connectivity index (χ2v) is 9.20. The Hall–Kier alpha value is -3.98. The van der Waals surface area contributed by atoms with E-state index in [0.29, 0.717) is 17.7 Å². The summed E-state index contributed by atoms with van der Waals surface area (Å²) in [5.74, 6) is -0.0362. The molecule has 0 aliphatic carbocycles. The van der Waals surface area contributed by atoms with E-state index in [4.69, 9.17) is 4.74 Å². The fraction of sp³-hybridized carbons (Fsp3) is 0.125. The number of sulfonamides is 1. The van der Waals surface area contributed by atoms with Crippen LogP contribution >= 0.6 is 0 Å².